The van der Waals surface area contributed by atoms with Gasteiger partial charge in [-0.05, 0) is 30.5 Å². The number of piperazine rings is 1. The lowest BCUT2D eigenvalue weighted by Crippen LogP contribution is -2.45. The van der Waals surface area contributed by atoms with Gasteiger partial charge in [-0.1, -0.05) is 49.9 Å². The van der Waals surface area contributed by atoms with E-state index in [1.54, 1.807) is 12.1 Å². The minimum absolute atomic E-state index is 0.0262. The van der Waals surface area contributed by atoms with Crippen molar-refractivity contribution >= 4 is 5.91 Å². The Kier molecular flexibility index (Phi) is 8.82. The summed E-state index contributed by atoms with van der Waals surface area (Å²) in [6.07, 6.45) is 8.08. The quantitative estimate of drug-likeness (QED) is 0.539. The molecule has 8 heteroatoms. The first-order valence-corrected chi connectivity index (χ1v) is 12.5. The molecule has 1 saturated heterocycles. The van der Waals surface area contributed by atoms with Crippen LogP contribution in [0.1, 0.15) is 37.7 Å². The number of benzene rings is 1. The highest BCUT2D eigenvalue weighted by molar-refractivity contribution is 5.78. The van der Waals surface area contributed by atoms with Gasteiger partial charge in [0.2, 0.25) is 11.9 Å². The van der Waals surface area contributed by atoms with E-state index in [-0.39, 0.29) is 11.9 Å². The van der Waals surface area contributed by atoms with E-state index in [9.17, 15) is 9.18 Å². The normalized spacial score (nSPS) is 17.7. The van der Waals surface area contributed by atoms with Gasteiger partial charge in [0.25, 0.3) is 0 Å². The summed E-state index contributed by atoms with van der Waals surface area (Å²) >= 11 is 0. The molecule has 0 bridgehead atoms. The number of hydrogen-bond donors (Lipinski definition) is 1. The van der Waals surface area contributed by atoms with Crippen LogP contribution in [0.25, 0.3) is 11.1 Å². The number of carbonyl (C=O) groups is 1. The summed E-state index contributed by atoms with van der Waals surface area (Å²) in [5.41, 5.74) is 1.89. The molecule has 4 rings (SSSR count). The SMILES string of the molecule is CN1CCN(CCOc2ncc(-c3ccc(CC(=O)NCCC4CCCC4)cc3)c(F)n2)CC1. The highest BCUT2D eigenvalue weighted by atomic mass is 19.1. The standard InChI is InChI=1S/C26H36FN5O2/c1-31-12-14-32(15-13-31)16-17-34-26-29-19-23(25(27)30-26)22-8-6-21(7-9-22)18-24(33)28-11-10-20-4-2-3-5-20/h6-9,19-20H,2-5,10-18H2,1H3,(H,28,33). The van der Waals surface area contributed by atoms with E-state index in [1.165, 1.54) is 31.9 Å². The Morgan fingerprint density at radius 3 is 2.59 bits per heavy atom. The second kappa shape index (κ2) is 12.2. The lowest BCUT2D eigenvalue weighted by Gasteiger charge is -2.31. The average Bonchev–Trinajstić information content (AvgIpc) is 3.35. The van der Waals surface area contributed by atoms with Crippen LogP contribution in [0.4, 0.5) is 4.39 Å². The number of hydrogen-bond acceptors (Lipinski definition) is 6. The van der Waals surface area contributed by atoms with Crippen LogP contribution in [0.2, 0.25) is 0 Å². The minimum Gasteiger partial charge on any atom is -0.462 e. The first kappa shape index (κ1) is 24.5. The van der Waals surface area contributed by atoms with Gasteiger partial charge in [0.05, 0.1) is 12.0 Å². The van der Waals surface area contributed by atoms with Crippen LogP contribution in [0, 0.1) is 11.9 Å². The zero-order chi connectivity index (χ0) is 23.8. The van der Waals surface area contributed by atoms with E-state index in [1.807, 2.05) is 12.1 Å². The van der Waals surface area contributed by atoms with Crippen molar-refractivity contribution in [3.8, 4) is 17.1 Å². The van der Waals surface area contributed by atoms with Gasteiger partial charge >= 0.3 is 6.01 Å². The number of ether oxygens (including phenoxy) is 1. The number of rotatable bonds is 10. The van der Waals surface area contributed by atoms with E-state index in [2.05, 4.69) is 32.1 Å². The van der Waals surface area contributed by atoms with Crippen molar-refractivity contribution in [3.05, 3.63) is 42.0 Å². The van der Waals surface area contributed by atoms with Crippen LogP contribution in [0.5, 0.6) is 6.01 Å². The van der Waals surface area contributed by atoms with Crippen LogP contribution < -0.4 is 10.1 Å². The number of likely N-dealkylation sites (N-methyl/N-ethyl adjacent to an activating group) is 1. The molecule has 1 amide bonds. The van der Waals surface area contributed by atoms with Gasteiger partial charge in [-0.3, -0.25) is 9.69 Å². The summed E-state index contributed by atoms with van der Waals surface area (Å²) in [6, 6.07) is 7.37. The zero-order valence-corrected chi connectivity index (χ0v) is 20.1. The maximum Gasteiger partial charge on any atom is 0.319 e. The molecule has 0 atom stereocenters. The van der Waals surface area contributed by atoms with Crippen LogP contribution in [0.15, 0.2) is 30.5 Å². The molecule has 7 nitrogen and oxygen atoms in total. The summed E-state index contributed by atoms with van der Waals surface area (Å²) in [5.74, 6) is 0.186. The maximum atomic E-state index is 14.6. The van der Waals surface area contributed by atoms with E-state index >= 15 is 0 Å². The number of nitrogens with zero attached hydrogens (tertiary/aromatic N) is 4. The molecular formula is C26H36FN5O2. The Labute approximate surface area is 201 Å². The van der Waals surface area contributed by atoms with Gasteiger partial charge in [-0.15, -0.1) is 0 Å². The number of nitrogens with one attached hydrogen (secondary N) is 1. The lowest BCUT2D eigenvalue weighted by molar-refractivity contribution is -0.120. The molecule has 2 aliphatic rings. The summed E-state index contributed by atoms with van der Waals surface area (Å²) < 4.78 is 20.2. The summed E-state index contributed by atoms with van der Waals surface area (Å²) in [5, 5.41) is 3.02. The molecule has 0 spiro atoms. The Balaban J connectivity index is 1.22. The number of aromatic nitrogens is 2. The molecule has 1 aromatic heterocycles. The predicted octanol–water partition coefficient (Wildman–Crippen LogP) is 3.15. The fourth-order valence-corrected chi connectivity index (χ4v) is 4.71. The molecule has 1 aromatic carbocycles. The van der Waals surface area contributed by atoms with Crippen molar-refractivity contribution in [1.29, 1.82) is 0 Å². The summed E-state index contributed by atoms with van der Waals surface area (Å²) in [6.45, 7) is 6.05. The van der Waals surface area contributed by atoms with Gasteiger partial charge in [0.15, 0.2) is 0 Å². The Bertz CT molecular complexity index is 925. The van der Waals surface area contributed by atoms with Crippen LogP contribution in [-0.2, 0) is 11.2 Å². The molecule has 1 aliphatic heterocycles. The van der Waals surface area contributed by atoms with Crippen LogP contribution >= 0.6 is 0 Å². The molecule has 2 heterocycles. The number of amides is 1. The highest BCUT2D eigenvalue weighted by Crippen LogP contribution is 2.27. The first-order valence-electron chi connectivity index (χ1n) is 12.5. The monoisotopic (exact) mass is 469 g/mol. The van der Waals surface area contributed by atoms with E-state index in [0.717, 1.165) is 57.2 Å². The topological polar surface area (TPSA) is 70.6 Å². The van der Waals surface area contributed by atoms with Gasteiger partial charge in [-0.25, -0.2) is 4.98 Å². The third-order valence-electron chi connectivity index (χ3n) is 6.93. The first-order chi connectivity index (χ1) is 16.6. The van der Waals surface area contributed by atoms with Crippen molar-refractivity contribution in [1.82, 2.24) is 25.1 Å². The van der Waals surface area contributed by atoms with Gasteiger partial charge in [-0.2, -0.15) is 9.37 Å². The molecule has 1 N–H and O–H groups in total. The van der Waals surface area contributed by atoms with Crippen LogP contribution in [0.3, 0.4) is 0 Å². The van der Waals surface area contributed by atoms with Crippen molar-refractivity contribution in [3.63, 3.8) is 0 Å². The molecular weight excluding hydrogens is 433 g/mol. The predicted molar refractivity (Wildman–Crippen MR) is 130 cm³/mol. The maximum absolute atomic E-state index is 14.6. The largest absolute Gasteiger partial charge is 0.462 e. The molecule has 2 aromatic rings. The molecule has 34 heavy (non-hydrogen) atoms. The molecule has 1 saturated carbocycles. The number of carbonyl (C=O) groups excluding carboxylic acids is 1. The average molecular weight is 470 g/mol. The fraction of sp³-hybridized carbons (Fsp3) is 0.577. The Hall–Kier alpha value is -2.58. The molecule has 2 fully saturated rings. The minimum atomic E-state index is -0.609. The van der Waals surface area contributed by atoms with Gasteiger partial charge < -0.3 is 15.0 Å². The molecule has 0 radical (unpaired) electrons. The summed E-state index contributed by atoms with van der Waals surface area (Å²) in [4.78, 5) is 24.9. The molecule has 0 unspecified atom stereocenters. The van der Waals surface area contributed by atoms with E-state index in [0.29, 0.717) is 24.2 Å². The summed E-state index contributed by atoms with van der Waals surface area (Å²) in [7, 11) is 2.12. The smallest absolute Gasteiger partial charge is 0.319 e. The van der Waals surface area contributed by atoms with Gasteiger partial charge in [0, 0.05) is 45.5 Å². The second-order valence-electron chi connectivity index (χ2n) is 9.51. The second-order valence-corrected chi connectivity index (χ2v) is 9.51. The van der Waals surface area contributed by atoms with Crippen molar-refractivity contribution in [2.24, 2.45) is 5.92 Å². The fourth-order valence-electron chi connectivity index (χ4n) is 4.71. The Morgan fingerprint density at radius 1 is 1.15 bits per heavy atom. The van der Waals surface area contributed by atoms with E-state index < -0.39 is 5.95 Å². The third-order valence-corrected chi connectivity index (χ3v) is 6.93. The van der Waals surface area contributed by atoms with Gasteiger partial charge in [0.1, 0.15) is 6.61 Å². The lowest BCUT2D eigenvalue weighted by atomic mass is 10.0. The Morgan fingerprint density at radius 2 is 1.88 bits per heavy atom. The molecule has 1 aliphatic carbocycles. The van der Waals surface area contributed by atoms with E-state index in [4.69, 9.17) is 4.74 Å². The van der Waals surface area contributed by atoms with Crippen molar-refractivity contribution in [2.75, 3.05) is 52.9 Å². The molecule has 184 valence electrons. The third kappa shape index (κ3) is 7.21. The number of halogens is 1. The van der Waals surface area contributed by atoms with Crippen LogP contribution in [-0.4, -0.2) is 78.6 Å². The zero-order valence-electron chi connectivity index (χ0n) is 20.1. The van der Waals surface area contributed by atoms with Crippen molar-refractivity contribution in [2.45, 2.75) is 38.5 Å². The highest BCUT2D eigenvalue weighted by Gasteiger charge is 2.16. The van der Waals surface area contributed by atoms with Crippen molar-refractivity contribution < 1.29 is 13.9 Å².